The molecule has 0 N–H and O–H groups in total. The number of nitrogens with zero attached hydrogens (tertiary/aromatic N) is 2. The van der Waals surface area contributed by atoms with Gasteiger partial charge in [-0.05, 0) is 13.0 Å². The summed E-state index contributed by atoms with van der Waals surface area (Å²) in [5.74, 6) is 0. The van der Waals surface area contributed by atoms with Crippen LogP contribution >= 0.6 is 22.6 Å². The zero-order valence-electron chi connectivity index (χ0n) is 7.66. The van der Waals surface area contributed by atoms with E-state index < -0.39 is 0 Å². The third-order valence-electron chi connectivity index (χ3n) is 2.16. The van der Waals surface area contributed by atoms with Gasteiger partial charge in [0.05, 0.1) is 15.1 Å². The topological polar surface area (TPSA) is 17.8 Å². The molecule has 1 unspecified atom stereocenters. The molecule has 2 nitrogen and oxygen atoms in total. The fraction of sp³-hybridized carbons (Fsp3) is 0.300. The molecule has 0 radical (unpaired) electrons. The molecule has 0 aliphatic carbocycles. The van der Waals surface area contributed by atoms with Crippen molar-refractivity contribution < 1.29 is 0 Å². The highest BCUT2D eigenvalue weighted by atomic mass is 127. The van der Waals surface area contributed by atoms with Crippen molar-refractivity contribution in [1.82, 2.24) is 9.78 Å². The second kappa shape index (κ2) is 3.29. The van der Waals surface area contributed by atoms with Crippen molar-refractivity contribution in [2.24, 2.45) is 7.05 Å². The Morgan fingerprint density at radius 1 is 1.38 bits per heavy atom. The lowest BCUT2D eigenvalue weighted by Gasteiger charge is -1.96. The number of fused-ring (bicyclic) bond motifs is 1. The van der Waals surface area contributed by atoms with Crippen LogP contribution in [0.3, 0.4) is 0 Å². The Balaban J connectivity index is 2.78. The highest BCUT2D eigenvalue weighted by Gasteiger charge is 2.11. The third-order valence-corrected chi connectivity index (χ3v) is 2.75. The Kier molecular flexibility index (Phi) is 2.27. The van der Waals surface area contributed by atoms with Gasteiger partial charge in [-0.25, -0.2) is 0 Å². The molecule has 3 heteroatoms. The van der Waals surface area contributed by atoms with Gasteiger partial charge in [0.2, 0.25) is 0 Å². The number of para-hydroxylation sites is 1. The Morgan fingerprint density at radius 2 is 2.08 bits per heavy atom. The molecule has 1 aromatic heterocycles. The van der Waals surface area contributed by atoms with Crippen LogP contribution < -0.4 is 0 Å². The Hall–Kier alpha value is -0.580. The maximum absolute atomic E-state index is 4.50. The molecule has 2 rings (SSSR count). The molecule has 13 heavy (non-hydrogen) atoms. The molecule has 0 bridgehead atoms. The molecule has 0 fully saturated rings. The van der Waals surface area contributed by atoms with Gasteiger partial charge in [0, 0.05) is 12.4 Å². The van der Waals surface area contributed by atoms with Crippen LogP contribution in [0.2, 0.25) is 0 Å². The monoisotopic (exact) mass is 286 g/mol. The average Bonchev–Trinajstić information content (AvgIpc) is 2.45. The van der Waals surface area contributed by atoms with E-state index in [2.05, 4.69) is 52.8 Å². The summed E-state index contributed by atoms with van der Waals surface area (Å²) in [5.41, 5.74) is 2.39. The van der Waals surface area contributed by atoms with E-state index in [-0.39, 0.29) is 0 Å². The molecule has 2 aromatic rings. The van der Waals surface area contributed by atoms with Crippen molar-refractivity contribution in [3.8, 4) is 0 Å². The molecule has 0 aliphatic rings. The second-order valence-electron chi connectivity index (χ2n) is 3.14. The van der Waals surface area contributed by atoms with E-state index >= 15 is 0 Å². The van der Waals surface area contributed by atoms with Gasteiger partial charge in [-0.15, -0.1) is 0 Å². The van der Waals surface area contributed by atoms with Gasteiger partial charge in [-0.1, -0.05) is 40.8 Å². The first kappa shape index (κ1) is 8.99. The molecule has 1 atom stereocenters. The molecule has 0 saturated heterocycles. The highest BCUT2D eigenvalue weighted by molar-refractivity contribution is 14.1. The average molecular weight is 286 g/mol. The Bertz CT molecular complexity index is 431. The van der Waals surface area contributed by atoms with Crippen LogP contribution in [0.15, 0.2) is 24.3 Å². The quantitative estimate of drug-likeness (QED) is 0.582. The Labute approximate surface area is 91.1 Å². The summed E-state index contributed by atoms with van der Waals surface area (Å²) < 4.78 is 2.41. The molecular formula is C10H11IN2. The summed E-state index contributed by atoms with van der Waals surface area (Å²) in [6.45, 7) is 2.16. The summed E-state index contributed by atoms with van der Waals surface area (Å²) in [7, 11) is 1.99. The van der Waals surface area contributed by atoms with Crippen molar-refractivity contribution in [3.05, 3.63) is 30.0 Å². The fourth-order valence-corrected chi connectivity index (χ4v) is 2.00. The van der Waals surface area contributed by atoms with E-state index in [0.29, 0.717) is 3.92 Å². The molecule has 0 amide bonds. The van der Waals surface area contributed by atoms with Crippen molar-refractivity contribution in [2.45, 2.75) is 10.8 Å². The minimum absolute atomic E-state index is 0.462. The summed E-state index contributed by atoms with van der Waals surface area (Å²) in [5, 5.41) is 5.77. The van der Waals surface area contributed by atoms with Crippen LogP contribution in [0.25, 0.3) is 10.9 Å². The van der Waals surface area contributed by atoms with Crippen LogP contribution in [0, 0.1) is 0 Å². The molecule has 0 spiro atoms. The predicted molar refractivity (Wildman–Crippen MR) is 63.1 cm³/mol. The lowest BCUT2D eigenvalue weighted by Crippen LogP contribution is -1.91. The van der Waals surface area contributed by atoms with E-state index in [4.69, 9.17) is 0 Å². The standard InChI is InChI=1S/C10H11IN2/c1-7(11)10-8-5-3-4-6-9(8)13(2)12-10/h3-7H,1-2H3. The van der Waals surface area contributed by atoms with Crippen LogP contribution in [-0.4, -0.2) is 9.78 Å². The van der Waals surface area contributed by atoms with E-state index in [0.717, 1.165) is 0 Å². The van der Waals surface area contributed by atoms with Gasteiger partial charge in [0.25, 0.3) is 0 Å². The van der Waals surface area contributed by atoms with Crippen LogP contribution in [0.5, 0.6) is 0 Å². The molecule has 0 aliphatic heterocycles. The maximum atomic E-state index is 4.50. The van der Waals surface area contributed by atoms with Crippen molar-refractivity contribution >= 4 is 33.5 Å². The first-order chi connectivity index (χ1) is 6.20. The van der Waals surface area contributed by atoms with Crippen LogP contribution in [0.4, 0.5) is 0 Å². The smallest absolute Gasteiger partial charge is 0.0828 e. The number of alkyl halides is 1. The lowest BCUT2D eigenvalue weighted by molar-refractivity contribution is 0.771. The summed E-state index contributed by atoms with van der Waals surface area (Å²) >= 11 is 2.39. The first-order valence-electron chi connectivity index (χ1n) is 4.26. The summed E-state index contributed by atoms with van der Waals surface area (Å²) in [4.78, 5) is 0. The molecule has 0 saturated carbocycles. The van der Waals surface area contributed by atoms with Gasteiger partial charge in [-0.3, -0.25) is 4.68 Å². The predicted octanol–water partition coefficient (Wildman–Crippen LogP) is 3.07. The fourth-order valence-electron chi connectivity index (χ4n) is 1.54. The zero-order chi connectivity index (χ0) is 9.42. The van der Waals surface area contributed by atoms with Gasteiger partial charge in [0.15, 0.2) is 0 Å². The van der Waals surface area contributed by atoms with Gasteiger partial charge >= 0.3 is 0 Å². The number of halogens is 1. The number of hydrogen-bond donors (Lipinski definition) is 0. The minimum Gasteiger partial charge on any atom is -0.268 e. The summed E-state index contributed by atoms with van der Waals surface area (Å²) in [6.07, 6.45) is 0. The minimum atomic E-state index is 0.462. The number of hydrogen-bond acceptors (Lipinski definition) is 1. The van der Waals surface area contributed by atoms with Crippen LogP contribution in [0.1, 0.15) is 16.5 Å². The summed E-state index contributed by atoms with van der Waals surface area (Å²) in [6, 6.07) is 8.34. The Morgan fingerprint density at radius 3 is 2.77 bits per heavy atom. The third kappa shape index (κ3) is 1.45. The van der Waals surface area contributed by atoms with E-state index in [9.17, 15) is 0 Å². The van der Waals surface area contributed by atoms with Gasteiger partial charge in [0.1, 0.15) is 0 Å². The van der Waals surface area contributed by atoms with Crippen LogP contribution in [-0.2, 0) is 7.05 Å². The van der Waals surface area contributed by atoms with Gasteiger partial charge in [-0.2, -0.15) is 5.10 Å². The van der Waals surface area contributed by atoms with E-state index in [1.165, 1.54) is 16.6 Å². The number of aromatic nitrogens is 2. The molecule has 68 valence electrons. The van der Waals surface area contributed by atoms with Crippen molar-refractivity contribution in [1.29, 1.82) is 0 Å². The molecule has 1 heterocycles. The molecule has 1 aromatic carbocycles. The van der Waals surface area contributed by atoms with E-state index in [1.54, 1.807) is 0 Å². The normalized spacial score (nSPS) is 13.5. The van der Waals surface area contributed by atoms with Gasteiger partial charge < -0.3 is 0 Å². The zero-order valence-corrected chi connectivity index (χ0v) is 9.82. The van der Waals surface area contributed by atoms with Crippen molar-refractivity contribution in [3.63, 3.8) is 0 Å². The maximum Gasteiger partial charge on any atom is 0.0828 e. The van der Waals surface area contributed by atoms with E-state index in [1.807, 2.05) is 17.8 Å². The number of rotatable bonds is 1. The first-order valence-corrected chi connectivity index (χ1v) is 5.50. The van der Waals surface area contributed by atoms with Crippen molar-refractivity contribution in [2.75, 3.05) is 0 Å². The molecular weight excluding hydrogens is 275 g/mol. The second-order valence-corrected chi connectivity index (χ2v) is 5.01. The number of aryl methyl sites for hydroxylation is 1. The largest absolute Gasteiger partial charge is 0.268 e. The lowest BCUT2D eigenvalue weighted by atomic mass is 10.2. The SMILES string of the molecule is CC(I)c1nn(C)c2ccccc12. The number of benzene rings is 1. The highest BCUT2D eigenvalue weighted by Crippen LogP contribution is 2.28.